The highest BCUT2D eigenvalue weighted by Crippen LogP contribution is 2.37. The molecule has 3 unspecified atom stereocenters. The Labute approximate surface area is 98.1 Å². The van der Waals surface area contributed by atoms with Crippen molar-refractivity contribution < 1.29 is 0 Å². The third-order valence-electron chi connectivity index (χ3n) is 4.17. The van der Waals surface area contributed by atoms with Crippen molar-refractivity contribution in [3.63, 3.8) is 0 Å². The Morgan fingerprint density at radius 3 is 2.75 bits per heavy atom. The van der Waals surface area contributed by atoms with E-state index in [-0.39, 0.29) is 0 Å². The third-order valence-corrected chi connectivity index (χ3v) is 4.17. The molecule has 3 heteroatoms. The minimum Gasteiger partial charge on any atom is -0.331 e. The first-order valence-electron chi connectivity index (χ1n) is 6.33. The molecule has 2 rings (SSSR count). The number of nitrogens with zero attached hydrogens (tertiary/aromatic N) is 2. The molecule has 0 aliphatic heterocycles. The Bertz CT molecular complexity index is 356. The van der Waals surface area contributed by atoms with Crippen molar-refractivity contribution in [3.8, 4) is 0 Å². The first-order valence-corrected chi connectivity index (χ1v) is 6.33. The van der Waals surface area contributed by atoms with Crippen molar-refractivity contribution >= 4 is 0 Å². The van der Waals surface area contributed by atoms with Crippen LogP contribution in [0.25, 0.3) is 0 Å². The van der Waals surface area contributed by atoms with E-state index in [9.17, 15) is 0 Å². The summed E-state index contributed by atoms with van der Waals surface area (Å²) in [6.45, 7) is 7.39. The van der Waals surface area contributed by atoms with Crippen LogP contribution in [0.15, 0.2) is 6.33 Å². The summed E-state index contributed by atoms with van der Waals surface area (Å²) in [6.07, 6.45) is 5.83. The first kappa shape index (κ1) is 11.6. The van der Waals surface area contributed by atoms with E-state index in [2.05, 4.69) is 30.3 Å². The van der Waals surface area contributed by atoms with Gasteiger partial charge in [0.15, 0.2) is 0 Å². The van der Waals surface area contributed by atoms with Gasteiger partial charge in [0.2, 0.25) is 0 Å². The lowest BCUT2D eigenvalue weighted by molar-refractivity contribution is 0.195. The van der Waals surface area contributed by atoms with Gasteiger partial charge in [0.25, 0.3) is 0 Å². The van der Waals surface area contributed by atoms with Crippen LogP contribution in [0, 0.1) is 25.7 Å². The first-order chi connectivity index (χ1) is 7.63. The molecule has 0 amide bonds. The highest BCUT2D eigenvalue weighted by atomic mass is 15.1. The van der Waals surface area contributed by atoms with Crippen LogP contribution in [0.2, 0.25) is 0 Å². The molecule has 1 heterocycles. The van der Waals surface area contributed by atoms with Crippen molar-refractivity contribution in [2.45, 2.75) is 46.1 Å². The van der Waals surface area contributed by atoms with E-state index in [0.29, 0.717) is 12.0 Å². The third kappa shape index (κ3) is 2.01. The molecule has 3 atom stereocenters. The van der Waals surface area contributed by atoms with Gasteiger partial charge in [-0.3, -0.25) is 0 Å². The van der Waals surface area contributed by atoms with Gasteiger partial charge < -0.3 is 10.3 Å². The van der Waals surface area contributed by atoms with Crippen LogP contribution in [-0.4, -0.2) is 16.1 Å². The predicted molar refractivity (Wildman–Crippen MR) is 66.3 cm³/mol. The number of aromatic nitrogens is 2. The average molecular weight is 221 g/mol. The van der Waals surface area contributed by atoms with Gasteiger partial charge >= 0.3 is 0 Å². The number of rotatable bonds is 2. The molecular formula is C13H23N3. The number of hydrogen-bond acceptors (Lipinski definition) is 2. The molecule has 1 aliphatic carbocycles. The monoisotopic (exact) mass is 221 g/mol. The molecule has 3 nitrogen and oxygen atoms in total. The van der Waals surface area contributed by atoms with Crippen LogP contribution in [-0.2, 0) is 0 Å². The number of hydrogen-bond donors (Lipinski definition) is 1. The van der Waals surface area contributed by atoms with Crippen LogP contribution in [0.4, 0.5) is 0 Å². The van der Waals surface area contributed by atoms with Gasteiger partial charge in [0.1, 0.15) is 0 Å². The highest BCUT2D eigenvalue weighted by Gasteiger charge is 2.29. The zero-order valence-corrected chi connectivity index (χ0v) is 10.6. The lowest BCUT2D eigenvalue weighted by Crippen LogP contribution is -2.32. The van der Waals surface area contributed by atoms with Crippen LogP contribution in [0.1, 0.15) is 43.6 Å². The maximum absolute atomic E-state index is 5.90. The molecule has 1 fully saturated rings. The quantitative estimate of drug-likeness (QED) is 0.833. The summed E-state index contributed by atoms with van der Waals surface area (Å²) in [5, 5.41) is 0. The van der Waals surface area contributed by atoms with Crippen molar-refractivity contribution in [2.24, 2.45) is 17.6 Å². The molecule has 0 bridgehead atoms. The van der Waals surface area contributed by atoms with E-state index >= 15 is 0 Å². The molecule has 0 saturated heterocycles. The summed E-state index contributed by atoms with van der Waals surface area (Å²) in [5.74, 6) is 1.44. The topological polar surface area (TPSA) is 43.8 Å². The minimum atomic E-state index is 0.565. The SMILES string of the molecule is Cc1ncn(C2CC(C)CCC2CN)c1C. The van der Waals surface area contributed by atoms with E-state index in [4.69, 9.17) is 5.73 Å². The molecule has 90 valence electrons. The van der Waals surface area contributed by atoms with E-state index in [1.807, 2.05) is 6.33 Å². The molecule has 16 heavy (non-hydrogen) atoms. The Kier molecular flexibility index (Phi) is 3.33. The van der Waals surface area contributed by atoms with Crippen molar-refractivity contribution in [3.05, 3.63) is 17.7 Å². The van der Waals surface area contributed by atoms with Gasteiger partial charge in [-0.1, -0.05) is 13.3 Å². The van der Waals surface area contributed by atoms with E-state index in [1.54, 1.807) is 0 Å². The van der Waals surface area contributed by atoms with Crippen molar-refractivity contribution in [1.29, 1.82) is 0 Å². The summed E-state index contributed by atoms with van der Waals surface area (Å²) in [6, 6.07) is 0.565. The Balaban J connectivity index is 2.25. The van der Waals surface area contributed by atoms with Crippen molar-refractivity contribution in [1.82, 2.24) is 9.55 Å². The Hall–Kier alpha value is -0.830. The molecule has 0 spiro atoms. The van der Waals surface area contributed by atoms with Gasteiger partial charge in [-0.15, -0.1) is 0 Å². The lowest BCUT2D eigenvalue weighted by atomic mass is 9.79. The average Bonchev–Trinajstić information content (AvgIpc) is 2.60. The maximum Gasteiger partial charge on any atom is 0.0954 e. The van der Waals surface area contributed by atoms with Crippen molar-refractivity contribution in [2.75, 3.05) is 6.54 Å². The van der Waals surface area contributed by atoms with Crippen LogP contribution >= 0.6 is 0 Å². The largest absolute Gasteiger partial charge is 0.331 e. The predicted octanol–water partition coefficient (Wildman–Crippen LogP) is 2.44. The Morgan fingerprint density at radius 2 is 2.19 bits per heavy atom. The number of nitrogens with two attached hydrogens (primary N) is 1. The van der Waals surface area contributed by atoms with E-state index in [0.717, 1.165) is 18.2 Å². The van der Waals surface area contributed by atoms with E-state index in [1.165, 1.54) is 25.0 Å². The Morgan fingerprint density at radius 1 is 1.44 bits per heavy atom. The summed E-state index contributed by atoms with van der Waals surface area (Å²) < 4.78 is 2.35. The fourth-order valence-corrected chi connectivity index (χ4v) is 2.88. The maximum atomic E-state index is 5.90. The fraction of sp³-hybridized carbons (Fsp3) is 0.769. The van der Waals surface area contributed by atoms with Gasteiger partial charge in [-0.25, -0.2) is 4.98 Å². The van der Waals surface area contributed by atoms with Crippen LogP contribution < -0.4 is 5.73 Å². The molecule has 1 aromatic rings. The second-order valence-electron chi connectivity index (χ2n) is 5.30. The van der Waals surface area contributed by atoms with Gasteiger partial charge in [0.05, 0.1) is 12.0 Å². The summed E-state index contributed by atoms with van der Waals surface area (Å²) in [7, 11) is 0. The summed E-state index contributed by atoms with van der Waals surface area (Å²) in [5.41, 5.74) is 8.35. The molecular weight excluding hydrogens is 198 g/mol. The summed E-state index contributed by atoms with van der Waals surface area (Å²) in [4.78, 5) is 4.41. The molecule has 1 saturated carbocycles. The van der Waals surface area contributed by atoms with Gasteiger partial charge in [-0.05, 0) is 45.1 Å². The van der Waals surface area contributed by atoms with Crippen LogP contribution in [0.5, 0.6) is 0 Å². The van der Waals surface area contributed by atoms with E-state index < -0.39 is 0 Å². The molecule has 0 radical (unpaired) electrons. The lowest BCUT2D eigenvalue weighted by Gasteiger charge is -2.35. The smallest absolute Gasteiger partial charge is 0.0954 e. The zero-order chi connectivity index (χ0) is 11.7. The molecule has 1 aliphatic rings. The van der Waals surface area contributed by atoms with Gasteiger partial charge in [0, 0.05) is 11.7 Å². The fourth-order valence-electron chi connectivity index (χ4n) is 2.88. The summed E-state index contributed by atoms with van der Waals surface area (Å²) >= 11 is 0. The highest BCUT2D eigenvalue weighted by molar-refractivity contribution is 5.10. The second-order valence-corrected chi connectivity index (χ2v) is 5.30. The minimum absolute atomic E-state index is 0.565. The second kappa shape index (κ2) is 4.58. The van der Waals surface area contributed by atoms with Gasteiger partial charge in [-0.2, -0.15) is 0 Å². The zero-order valence-electron chi connectivity index (χ0n) is 10.6. The number of imidazole rings is 1. The number of aryl methyl sites for hydroxylation is 1. The molecule has 2 N–H and O–H groups in total. The molecule has 1 aromatic heterocycles. The van der Waals surface area contributed by atoms with Crippen LogP contribution in [0.3, 0.4) is 0 Å². The molecule has 0 aromatic carbocycles. The standard InChI is InChI=1S/C13H23N3/c1-9-4-5-12(7-14)13(6-9)16-8-15-10(2)11(16)3/h8-9,12-13H,4-7,14H2,1-3H3. The normalized spacial score (nSPS) is 30.6.